The van der Waals surface area contributed by atoms with Crippen LogP contribution in [0.4, 0.5) is 8.78 Å². The molecule has 2 aromatic carbocycles. The number of sulfonamides is 1. The van der Waals surface area contributed by atoms with Crippen molar-refractivity contribution in [2.75, 3.05) is 26.2 Å². The van der Waals surface area contributed by atoms with Gasteiger partial charge in [0.15, 0.2) is 0 Å². The van der Waals surface area contributed by atoms with Gasteiger partial charge in [0, 0.05) is 44.3 Å². The van der Waals surface area contributed by atoms with Gasteiger partial charge in [-0.2, -0.15) is 4.31 Å². The average Bonchev–Trinajstić information content (AvgIpc) is 2.70. The summed E-state index contributed by atoms with van der Waals surface area (Å²) in [5.74, 6) is -1.72. The lowest BCUT2D eigenvalue weighted by atomic mass is 10.1. The molecule has 1 aromatic heterocycles. The van der Waals surface area contributed by atoms with Crippen molar-refractivity contribution in [1.82, 2.24) is 14.2 Å². The maximum absolute atomic E-state index is 13.9. The minimum absolute atomic E-state index is 0.219. The molecule has 28 heavy (non-hydrogen) atoms. The Morgan fingerprint density at radius 1 is 0.964 bits per heavy atom. The Bertz CT molecular complexity index is 1110. The van der Waals surface area contributed by atoms with Gasteiger partial charge in [0.2, 0.25) is 10.0 Å². The molecule has 0 bridgehead atoms. The summed E-state index contributed by atoms with van der Waals surface area (Å²) in [4.78, 5) is 5.97. The van der Waals surface area contributed by atoms with Crippen LogP contribution in [-0.4, -0.2) is 48.8 Å². The first kappa shape index (κ1) is 18.9. The molecule has 1 aliphatic rings. The van der Waals surface area contributed by atoms with Crippen LogP contribution in [0.5, 0.6) is 0 Å². The van der Waals surface area contributed by atoms with Gasteiger partial charge in [-0.1, -0.05) is 24.3 Å². The summed E-state index contributed by atoms with van der Waals surface area (Å²) < 4.78 is 53.9. The molecular formula is C20H19F2N3O2S. The molecule has 0 radical (unpaired) electrons. The fourth-order valence-corrected chi connectivity index (χ4v) is 4.98. The number of aromatic nitrogens is 1. The minimum atomic E-state index is -4.07. The summed E-state index contributed by atoms with van der Waals surface area (Å²) >= 11 is 0. The summed E-state index contributed by atoms with van der Waals surface area (Å²) in [6.07, 6.45) is 1.75. The fourth-order valence-electron chi connectivity index (χ4n) is 3.48. The number of halogens is 2. The molecule has 3 aromatic rings. The lowest BCUT2D eigenvalue weighted by molar-refractivity contribution is 0.182. The van der Waals surface area contributed by atoms with Crippen molar-refractivity contribution in [3.05, 3.63) is 71.9 Å². The van der Waals surface area contributed by atoms with Crippen molar-refractivity contribution in [3.63, 3.8) is 0 Å². The minimum Gasteiger partial charge on any atom is -0.296 e. The number of rotatable bonds is 4. The van der Waals surface area contributed by atoms with Gasteiger partial charge in [0.25, 0.3) is 0 Å². The van der Waals surface area contributed by atoms with Gasteiger partial charge in [-0.3, -0.25) is 9.88 Å². The molecule has 1 aliphatic heterocycles. The molecule has 0 saturated carbocycles. The van der Waals surface area contributed by atoms with Gasteiger partial charge in [-0.05, 0) is 29.8 Å². The molecule has 4 rings (SSSR count). The Hall–Kier alpha value is -2.42. The topological polar surface area (TPSA) is 53.5 Å². The normalized spacial score (nSPS) is 16.5. The quantitative estimate of drug-likeness (QED) is 0.672. The van der Waals surface area contributed by atoms with E-state index < -0.39 is 26.6 Å². The Kier molecular flexibility index (Phi) is 5.09. The van der Waals surface area contributed by atoms with Crippen molar-refractivity contribution in [2.45, 2.75) is 11.4 Å². The highest BCUT2D eigenvalue weighted by Crippen LogP contribution is 2.23. The van der Waals surface area contributed by atoms with Crippen LogP contribution in [0.1, 0.15) is 5.56 Å². The van der Waals surface area contributed by atoms with Crippen LogP contribution in [-0.2, 0) is 16.6 Å². The number of para-hydroxylation sites is 1. The van der Waals surface area contributed by atoms with E-state index in [2.05, 4.69) is 9.88 Å². The monoisotopic (exact) mass is 403 g/mol. The van der Waals surface area contributed by atoms with Crippen molar-refractivity contribution in [3.8, 4) is 0 Å². The highest BCUT2D eigenvalue weighted by atomic mass is 32.2. The first-order valence-corrected chi connectivity index (χ1v) is 10.4. The molecular weight excluding hydrogens is 384 g/mol. The van der Waals surface area contributed by atoms with Gasteiger partial charge in [0.05, 0.1) is 5.52 Å². The molecule has 2 heterocycles. The van der Waals surface area contributed by atoms with E-state index in [1.807, 2.05) is 30.3 Å². The molecule has 0 N–H and O–H groups in total. The van der Waals surface area contributed by atoms with Gasteiger partial charge >= 0.3 is 0 Å². The van der Waals surface area contributed by atoms with Crippen LogP contribution in [0.3, 0.4) is 0 Å². The van der Waals surface area contributed by atoms with Crippen molar-refractivity contribution in [1.29, 1.82) is 0 Å². The van der Waals surface area contributed by atoms with Gasteiger partial charge in [-0.25, -0.2) is 17.2 Å². The van der Waals surface area contributed by atoms with E-state index in [1.165, 1.54) is 4.31 Å². The van der Waals surface area contributed by atoms with Crippen LogP contribution in [0, 0.1) is 11.6 Å². The van der Waals surface area contributed by atoms with E-state index in [0.29, 0.717) is 19.6 Å². The summed E-state index contributed by atoms with van der Waals surface area (Å²) in [7, 11) is -4.07. The van der Waals surface area contributed by atoms with Gasteiger partial charge in [-0.15, -0.1) is 0 Å². The number of hydrogen-bond donors (Lipinski definition) is 0. The van der Waals surface area contributed by atoms with E-state index in [-0.39, 0.29) is 13.1 Å². The average molecular weight is 403 g/mol. The fraction of sp³-hybridized carbons (Fsp3) is 0.250. The molecule has 1 saturated heterocycles. The third-order valence-corrected chi connectivity index (χ3v) is 6.87. The van der Waals surface area contributed by atoms with E-state index in [0.717, 1.165) is 34.7 Å². The first-order chi connectivity index (χ1) is 13.4. The molecule has 1 fully saturated rings. The van der Waals surface area contributed by atoms with Gasteiger partial charge < -0.3 is 0 Å². The van der Waals surface area contributed by atoms with Crippen LogP contribution in [0.2, 0.25) is 0 Å². The SMILES string of the molecule is O=S(=O)(c1cc(F)ccc1F)N1CCN(Cc2cccc3cccnc23)CC1. The Labute approximate surface area is 162 Å². The van der Waals surface area contributed by atoms with Crippen LogP contribution in [0.25, 0.3) is 10.9 Å². The zero-order chi connectivity index (χ0) is 19.7. The second-order valence-corrected chi connectivity index (χ2v) is 8.65. The standard InChI is InChI=1S/C20H19F2N3O2S/c21-17-6-7-18(22)19(13-17)28(26,27)25-11-9-24(10-12-25)14-16-4-1-3-15-5-2-8-23-20(15)16/h1-8,13H,9-12,14H2. The second kappa shape index (κ2) is 7.54. The highest BCUT2D eigenvalue weighted by molar-refractivity contribution is 7.89. The van der Waals surface area contributed by atoms with Crippen molar-refractivity contribution >= 4 is 20.9 Å². The molecule has 0 unspecified atom stereocenters. The third kappa shape index (κ3) is 3.63. The van der Waals surface area contributed by atoms with Crippen molar-refractivity contribution in [2.24, 2.45) is 0 Å². The lowest BCUT2D eigenvalue weighted by Gasteiger charge is -2.34. The van der Waals surface area contributed by atoms with Crippen LogP contribution >= 0.6 is 0 Å². The van der Waals surface area contributed by atoms with E-state index in [4.69, 9.17) is 0 Å². The predicted octanol–water partition coefficient (Wildman–Crippen LogP) is 3.02. The lowest BCUT2D eigenvalue weighted by Crippen LogP contribution is -2.48. The molecule has 5 nitrogen and oxygen atoms in total. The van der Waals surface area contributed by atoms with E-state index in [1.54, 1.807) is 6.20 Å². The highest BCUT2D eigenvalue weighted by Gasteiger charge is 2.31. The molecule has 0 aliphatic carbocycles. The van der Waals surface area contributed by atoms with Gasteiger partial charge in [0.1, 0.15) is 16.5 Å². The number of nitrogens with zero attached hydrogens (tertiary/aromatic N) is 3. The summed E-state index contributed by atoms with van der Waals surface area (Å²) in [5.41, 5.74) is 2.01. The number of piperazine rings is 1. The molecule has 0 atom stereocenters. The number of hydrogen-bond acceptors (Lipinski definition) is 4. The second-order valence-electron chi connectivity index (χ2n) is 6.75. The summed E-state index contributed by atoms with van der Waals surface area (Å²) in [6.45, 7) is 2.09. The van der Waals surface area contributed by atoms with Crippen LogP contribution < -0.4 is 0 Å². The van der Waals surface area contributed by atoms with Crippen molar-refractivity contribution < 1.29 is 17.2 Å². The number of fused-ring (bicyclic) bond motifs is 1. The Morgan fingerprint density at radius 3 is 2.50 bits per heavy atom. The first-order valence-electron chi connectivity index (χ1n) is 8.95. The maximum Gasteiger partial charge on any atom is 0.246 e. The summed E-state index contributed by atoms with van der Waals surface area (Å²) in [6, 6.07) is 12.4. The zero-order valence-corrected chi connectivity index (χ0v) is 15.9. The van der Waals surface area contributed by atoms with Crippen LogP contribution in [0.15, 0.2) is 59.6 Å². The molecule has 146 valence electrons. The summed E-state index contributed by atoms with van der Waals surface area (Å²) in [5, 5.41) is 1.06. The Morgan fingerprint density at radius 2 is 1.71 bits per heavy atom. The molecule has 8 heteroatoms. The zero-order valence-electron chi connectivity index (χ0n) is 15.1. The largest absolute Gasteiger partial charge is 0.296 e. The maximum atomic E-state index is 13.9. The number of pyridine rings is 1. The smallest absolute Gasteiger partial charge is 0.246 e. The Balaban J connectivity index is 1.48. The molecule has 0 spiro atoms. The third-order valence-electron chi connectivity index (χ3n) is 4.95. The number of benzene rings is 2. The van der Waals surface area contributed by atoms with E-state index >= 15 is 0 Å². The van der Waals surface area contributed by atoms with E-state index in [9.17, 15) is 17.2 Å². The predicted molar refractivity (Wildman–Crippen MR) is 102 cm³/mol. The molecule has 0 amide bonds.